The minimum atomic E-state index is -3.85. The molecule has 0 N–H and O–H groups in total. The van der Waals surface area contributed by atoms with Crippen LogP contribution < -0.4 is 0 Å². The van der Waals surface area contributed by atoms with Gasteiger partial charge in [-0.05, 0) is 57.9 Å². The molecule has 2 heterocycles. The van der Waals surface area contributed by atoms with Gasteiger partial charge in [0.2, 0.25) is 11.8 Å². The number of piperidine rings is 1. The molecule has 1 amide bonds. The van der Waals surface area contributed by atoms with E-state index in [2.05, 4.69) is 26.1 Å². The van der Waals surface area contributed by atoms with Gasteiger partial charge in [-0.15, -0.1) is 0 Å². The molecular weight excluding hydrogens is 434 g/mol. The molecule has 1 saturated heterocycles. The molecule has 1 aliphatic rings. The predicted molar refractivity (Wildman–Crippen MR) is 103 cm³/mol. The standard InChI is InChI=1S/C18H22BrN3O4S/c1-12-20-16(26-21-12)13-5-4-10-22(11-13)17(23)18(2,3)27(24,25)15-8-6-14(19)7-9-15/h6-9,13H,4-5,10-11H2,1-3H3. The summed E-state index contributed by atoms with van der Waals surface area (Å²) in [5.74, 6) is 0.562. The van der Waals surface area contributed by atoms with Gasteiger partial charge in [-0.25, -0.2) is 8.42 Å². The Bertz CT molecular complexity index is 938. The van der Waals surface area contributed by atoms with Gasteiger partial charge >= 0.3 is 0 Å². The fourth-order valence-electron chi connectivity index (χ4n) is 3.25. The van der Waals surface area contributed by atoms with Crippen molar-refractivity contribution in [1.82, 2.24) is 15.0 Å². The molecule has 1 fully saturated rings. The molecule has 0 radical (unpaired) electrons. The molecule has 1 unspecified atom stereocenters. The van der Waals surface area contributed by atoms with Crippen molar-refractivity contribution in [2.45, 2.75) is 49.2 Å². The number of halogens is 1. The van der Waals surface area contributed by atoms with Crippen LogP contribution in [0.5, 0.6) is 0 Å². The molecular formula is C18H22BrN3O4S. The van der Waals surface area contributed by atoms with Gasteiger partial charge in [-0.1, -0.05) is 21.1 Å². The van der Waals surface area contributed by atoms with Crippen LogP contribution >= 0.6 is 15.9 Å². The fourth-order valence-corrected chi connectivity index (χ4v) is 4.95. The van der Waals surface area contributed by atoms with Crippen LogP contribution in [0.4, 0.5) is 0 Å². The lowest BCUT2D eigenvalue weighted by molar-refractivity contribution is -0.134. The maximum absolute atomic E-state index is 13.2. The van der Waals surface area contributed by atoms with Crippen molar-refractivity contribution in [3.63, 3.8) is 0 Å². The molecule has 0 bridgehead atoms. The fraction of sp³-hybridized carbons (Fsp3) is 0.500. The van der Waals surface area contributed by atoms with Gasteiger partial charge < -0.3 is 9.42 Å². The van der Waals surface area contributed by atoms with Gasteiger partial charge in [0, 0.05) is 17.6 Å². The third-order valence-corrected chi connectivity index (χ3v) is 7.85. The zero-order valence-electron chi connectivity index (χ0n) is 15.5. The molecule has 1 aromatic carbocycles. The van der Waals surface area contributed by atoms with E-state index in [4.69, 9.17) is 4.52 Å². The highest BCUT2D eigenvalue weighted by Crippen LogP contribution is 2.32. The van der Waals surface area contributed by atoms with Gasteiger partial charge in [0.05, 0.1) is 10.8 Å². The Morgan fingerprint density at radius 1 is 1.30 bits per heavy atom. The van der Waals surface area contributed by atoms with Crippen molar-refractivity contribution in [3.05, 3.63) is 40.5 Å². The highest BCUT2D eigenvalue weighted by Gasteiger charge is 2.46. The summed E-state index contributed by atoms with van der Waals surface area (Å²) in [5.41, 5.74) is 0. The van der Waals surface area contributed by atoms with Gasteiger partial charge in [0.1, 0.15) is 4.75 Å². The minimum Gasteiger partial charge on any atom is -0.341 e. The van der Waals surface area contributed by atoms with E-state index in [1.54, 1.807) is 24.0 Å². The van der Waals surface area contributed by atoms with Crippen LogP contribution in [0, 0.1) is 6.92 Å². The van der Waals surface area contributed by atoms with Gasteiger partial charge in [0.25, 0.3) is 0 Å². The number of aromatic nitrogens is 2. The average Bonchev–Trinajstić information content (AvgIpc) is 3.08. The van der Waals surface area contributed by atoms with E-state index >= 15 is 0 Å². The molecule has 1 aromatic heterocycles. The number of hydrogen-bond donors (Lipinski definition) is 0. The maximum atomic E-state index is 13.2. The third-order valence-electron chi connectivity index (χ3n) is 4.91. The quantitative estimate of drug-likeness (QED) is 0.702. The van der Waals surface area contributed by atoms with Crippen LogP contribution in [0.1, 0.15) is 44.3 Å². The molecule has 27 heavy (non-hydrogen) atoms. The van der Waals surface area contributed by atoms with Crippen LogP contribution in [-0.2, 0) is 14.6 Å². The molecule has 3 rings (SSSR count). The van der Waals surface area contributed by atoms with Gasteiger partial charge in [0.15, 0.2) is 15.7 Å². The number of rotatable bonds is 4. The van der Waals surface area contributed by atoms with Crippen molar-refractivity contribution in [1.29, 1.82) is 0 Å². The molecule has 0 spiro atoms. The van der Waals surface area contributed by atoms with Crippen molar-refractivity contribution in [2.24, 2.45) is 0 Å². The first-order valence-corrected chi connectivity index (χ1v) is 11.0. The average molecular weight is 456 g/mol. The molecule has 7 nitrogen and oxygen atoms in total. The highest BCUT2D eigenvalue weighted by atomic mass is 79.9. The summed E-state index contributed by atoms with van der Waals surface area (Å²) in [6, 6.07) is 6.33. The smallest absolute Gasteiger partial charge is 0.243 e. The normalized spacial score (nSPS) is 18.5. The first kappa shape index (κ1) is 20.0. The first-order chi connectivity index (χ1) is 12.6. The lowest BCUT2D eigenvalue weighted by Gasteiger charge is -2.36. The van der Waals surface area contributed by atoms with Crippen molar-refractivity contribution in [3.8, 4) is 0 Å². The number of hydrogen-bond acceptors (Lipinski definition) is 6. The number of benzene rings is 1. The first-order valence-electron chi connectivity index (χ1n) is 8.72. The van der Waals surface area contributed by atoms with Crippen molar-refractivity contribution in [2.75, 3.05) is 13.1 Å². The van der Waals surface area contributed by atoms with Crippen molar-refractivity contribution >= 4 is 31.7 Å². The molecule has 2 aromatic rings. The van der Waals surface area contributed by atoms with E-state index in [1.165, 1.54) is 26.0 Å². The third kappa shape index (κ3) is 3.80. The zero-order valence-corrected chi connectivity index (χ0v) is 17.9. The summed E-state index contributed by atoms with van der Waals surface area (Å²) in [6.07, 6.45) is 1.58. The molecule has 146 valence electrons. The second-order valence-corrected chi connectivity index (χ2v) is 10.7. The number of nitrogens with zero attached hydrogens (tertiary/aromatic N) is 3. The summed E-state index contributed by atoms with van der Waals surface area (Å²) in [4.78, 5) is 19.1. The lowest BCUT2D eigenvalue weighted by atomic mass is 9.97. The van der Waals surface area contributed by atoms with E-state index in [9.17, 15) is 13.2 Å². The van der Waals surface area contributed by atoms with Gasteiger partial charge in [-0.3, -0.25) is 4.79 Å². The number of likely N-dealkylation sites (tertiary alicyclic amines) is 1. The molecule has 0 saturated carbocycles. The number of carbonyl (C=O) groups is 1. The minimum absolute atomic E-state index is 0.0740. The van der Waals surface area contributed by atoms with Crippen LogP contribution in [-0.4, -0.2) is 47.2 Å². The van der Waals surface area contributed by atoms with E-state index in [0.717, 1.165) is 17.3 Å². The van der Waals surface area contributed by atoms with E-state index in [0.29, 0.717) is 24.8 Å². The summed E-state index contributed by atoms with van der Waals surface area (Å²) in [6.45, 7) is 5.56. The summed E-state index contributed by atoms with van der Waals surface area (Å²) in [5, 5.41) is 3.81. The Kier molecular flexibility index (Phi) is 5.45. The summed E-state index contributed by atoms with van der Waals surface area (Å²) in [7, 11) is -3.85. The van der Waals surface area contributed by atoms with E-state index < -0.39 is 20.5 Å². The molecule has 1 atom stereocenters. The number of sulfone groups is 1. The molecule has 9 heteroatoms. The van der Waals surface area contributed by atoms with Gasteiger partial charge in [-0.2, -0.15) is 4.98 Å². The molecule has 1 aliphatic heterocycles. The van der Waals surface area contributed by atoms with Crippen LogP contribution in [0.25, 0.3) is 0 Å². The Morgan fingerprint density at radius 3 is 2.56 bits per heavy atom. The lowest BCUT2D eigenvalue weighted by Crippen LogP contribution is -2.52. The van der Waals surface area contributed by atoms with Crippen LogP contribution in [0.3, 0.4) is 0 Å². The Labute approximate surface area is 167 Å². The molecule has 0 aliphatic carbocycles. The Morgan fingerprint density at radius 2 is 1.96 bits per heavy atom. The Balaban J connectivity index is 1.83. The Hall–Kier alpha value is -1.74. The van der Waals surface area contributed by atoms with Crippen LogP contribution in [0.15, 0.2) is 38.2 Å². The predicted octanol–water partition coefficient (Wildman–Crippen LogP) is 3.10. The number of aryl methyl sites for hydroxylation is 1. The maximum Gasteiger partial charge on any atom is 0.243 e. The number of carbonyl (C=O) groups excluding carboxylic acids is 1. The SMILES string of the molecule is Cc1noc(C2CCCN(C(=O)C(C)(C)S(=O)(=O)c3ccc(Br)cc3)C2)n1. The largest absolute Gasteiger partial charge is 0.341 e. The number of amides is 1. The zero-order chi connectivity index (χ0) is 19.8. The van der Waals surface area contributed by atoms with E-state index in [-0.39, 0.29) is 10.8 Å². The van der Waals surface area contributed by atoms with E-state index in [1.807, 2.05) is 0 Å². The van der Waals surface area contributed by atoms with Crippen molar-refractivity contribution < 1.29 is 17.7 Å². The summed E-state index contributed by atoms with van der Waals surface area (Å²) >= 11 is 3.29. The highest BCUT2D eigenvalue weighted by molar-refractivity contribution is 9.10. The second kappa shape index (κ2) is 7.35. The monoisotopic (exact) mass is 455 g/mol. The van der Waals surface area contributed by atoms with Crippen LogP contribution in [0.2, 0.25) is 0 Å². The topological polar surface area (TPSA) is 93.4 Å². The second-order valence-electron chi connectivity index (χ2n) is 7.24. The summed E-state index contributed by atoms with van der Waals surface area (Å²) < 4.78 is 30.6.